The highest BCUT2D eigenvalue weighted by molar-refractivity contribution is 5.83. The summed E-state index contributed by atoms with van der Waals surface area (Å²) in [6.45, 7) is 8.73. The molecule has 1 aliphatic rings. The van der Waals surface area contributed by atoms with E-state index in [0.29, 0.717) is 18.7 Å². The van der Waals surface area contributed by atoms with Gasteiger partial charge in [0.15, 0.2) is 6.10 Å². The van der Waals surface area contributed by atoms with Gasteiger partial charge < -0.3 is 19.5 Å². The number of likely N-dealkylation sites (tertiary alicyclic amines) is 1. The van der Waals surface area contributed by atoms with Crippen LogP contribution in [0.2, 0.25) is 0 Å². The molecular formula is C20H29NO5. The van der Waals surface area contributed by atoms with E-state index in [-0.39, 0.29) is 24.5 Å². The lowest BCUT2D eigenvalue weighted by Crippen LogP contribution is -2.43. The highest BCUT2D eigenvalue weighted by Crippen LogP contribution is 2.32. The molecule has 0 spiro atoms. The van der Waals surface area contributed by atoms with Gasteiger partial charge in [0, 0.05) is 20.2 Å². The summed E-state index contributed by atoms with van der Waals surface area (Å²) < 4.78 is 10.8. The number of carboxylic acid groups (broad SMARTS) is 1. The fourth-order valence-electron chi connectivity index (χ4n) is 3.24. The molecule has 2 rings (SSSR count). The van der Waals surface area contributed by atoms with Crippen LogP contribution in [-0.2, 0) is 19.7 Å². The number of methoxy groups -OCH3 is 1. The van der Waals surface area contributed by atoms with E-state index in [0.717, 1.165) is 0 Å². The van der Waals surface area contributed by atoms with E-state index in [9.17, 15) is 14.7 Å². The van der Waals surface area contributed by atoms with Gasteiger partial charge in [0.1, 0.15) is 11.2 Å². The van der Waals surface area contributed by atoms with Crippen molar-refractivity contribution in [1.29, 1.82) is 0 Å². The average molecular weight is 363 g/mol. The van der Waals surface area contributed by atoms with Gasteiger partial charge in [-0.1, -0.05) is 32.9 Å². The van der Waals surface area contributed by atoms with Crippen molar-refractivity contribution >= 4 is 11.9 Å². The molecule has 6 nitrogen and oxygen atoms in total. The topological polar surface area (TPSA) is 76.1 Å². The summed E-state index contributed by atoms with van der Waals surface area (Å²) in [7, 11) is 1.47. The van der Waals surface area contributed by atoms with E-state index in [1.54, 1.807) is 11.8 Å². The lowest BCUT2D eigenvalue weighted by molar-refractivity contribution is -0.152. The quantitative estimate of drug-likeness (QED) is 0.841. The molecule has 26 heavy (non-hydrogen) atoms. The lowest BCUT2D eigenvalue weighted by atomic mass is 9.87. The molecule has 144 valence electrons. The van der Waals surface area contributed by atoms with Crippen molar-refractivity contribution < 1.29 is 24.2 Å². The van der Waals surface area contributed by atoms with Crippen LogP contribution in [-0.4, -0.2) is 54.8 Å². The third-order valence-corrected chi connectivity index (χ3v) is 4.92. The molecule has 1 amide bonds. The molecule has 2 atom stereocenters. The number of carboxylic acids is 1. The van der Waals surface area contributed by atoms with Crippen LogP contribution in [0.25, 0.3) is 0 Å². The summed E-state index contributed by atoms with van der Waals surface area (Å²) in [6, 6.07) is 7.72. The van der Waals surface area contributed by atoms with Crippen LogP contribution in [0.4, 0.5) is 0 Å². The molecule has 0 bridgehead atoms. The molecule has 0 saturated carbocycles. The average Bonchev–Trinajstić information content (AvgIpc) is 2.99. The minimum Gasteiger partial charge on any atom is -0.481 e. The van der Waals surface area contributed by atoms with Gasteiger partial charge in [0.2, 0.25) is 0 Å². The van der Waals surface area contributed by atoms with Gasteiger partial charge in [-0.2, -0.15) is 0 Å². The Bertz CT molecular complexity index is 649. The van der Waals surface area contributed by atoms with Crippen LogP contribution >= 0.6 is 0 Å². The lowest BCUT2D eigenvalue weighted by Gasteiger charge is -2.25. The van der Waals surface area contributed by atoms with Crippen molar-refractivity contribution in [3.8, 4) is 5.75 Å². The van der Waals surface area contributed by atoms with Gasteiger partial charge in [-0.15, -0.1) is 0 Å². The molecule has 1 aliphatic heterocycles. The van der Waals surface area contributed by atoms with Crippen LogP contribution in [0, 0.1) is 5.41 Å². The van der Waals surface area contributed by atoms with Crippen LogP contribution in [0.1, 0.15) is 39.7 Å². The Morgan fingerprint density at radius 3 is 2.38 bits per heavy atom. The molecule has 1 N–H and O–H groups in total. The zero-order chi connectivity index (χ0) is 19.5. The normalized spacial score (nSPS) is 21.5. The first-order chi connectivity index (χ1) is 12.1. The molecule has 0 aliphatic carbocycles. The molecule has 1 saturated heterocycles. The molecule has 1 fully saturated rings. The number of nitrogens with zero attached hydrogens (tertiary/aromatic N) is 1. The number of ether oxygens (including phenoxy) is 2. The van der Waals surface area contributed by atoms with Crippen molar-refractivity contribution in [2.45, 2.75) is 45.6 Å². The Morgan fingerprint density at radius 2 is 1.88 bits per heavy atom. The van der Waals surface area contributed by atoms with Crippen LogP contribution in [0.3, 0.4) is 0 Å². The Labute approximate surface area is 155 Å². The van der Waals surface area contributed by atoms with Gasteiger partial charge in [-0.05, 0) is 36.5 Å². The Morgan fingerprint density at radius 1 is 1.27 bits per heavy atom. The number of hydrogen-bond acceptors (Lipinski definition) is 4. The van der Waals surface area contributed by atoms with E-state index >= 15 is 0 Å². The minimum absolute atomic E-state index is 0.0526. The second-order valence-corrected chi connectivity index (χ2v) is 8.06. The Hall–Kier alpha value is -2.08. The molecular weight excluding hydrogens is 334 g/mol. The number of carbonyl (C=O) groups excluding carboxylic acids is 1. The molecule has 2 unspecified atom stereocenters. The number of benzene rings is 1. The summed E-state index contributed by atoms with van der Waals surface area (Å²) >= 11 is 0. The minimum atomic E-state index is -1.03. The first-order valence-corrected chi connectivity index (χ1v) is 8.87. The summed E-state index contributed by atoms with van der Waals surface area (Å²) in [5, 5.41) is 9.51. The predicted octanol–water partition coefficient (Wildman–Crippen LogP) is 2.70. The summed E-state index contributed by atoms with van der Waals surface area (Å²) in [5.74, 6) is -0.510. The molecule has 0 radical (unpaired) electrons. The number of carbonyl (C=O) groups is 2. The predicted molar refractivity (Wildman–Crippen MR) is 98.4 cm³/mol. The first-order valence-electron chi connectivity index (χ1n) is 8.87. The van der Waals surface area contributed by atoms with E-state index in [2.05, 4.69) is 20.8 Å². The van der Waals surface area contributed by atoms with Gasteiger partial charge in [0.25, 0.3) is 5.91 Å². The van der Waals surface area contributed by atoms with Crippen LogP contribution < -0.4 is 4.74 Å². The maximum atomic E-state index is 12.7. The zero-order valence-corrected chi connectivity index (χ0v) is 16.2. The van der Waals surface area contributed by atoms with Gasteiger partial charge in [0.05, 0.1) is 6.61 Å². The van der Waals surface area contributed by atoms with Gasteiger partial charge >= 0.3 is 5.97 Å². The SMILES string of the molecule is COCC1(C(=O)O)CCN(C(=O)C(C)Oc2ccc(C(C)(C)C)cc2)C1. The molecule has 0 aromatic heterocycles. The van der Waals surface area contributed by atoms with Crippen molar-refractivity contribution in [3.63, 3.8) is 0 Å². The van der Waals surface area contributed by atoms with Crippen molar-refractivity contribution in [2.24, 2.45) is 5.41 Å². The largest absolute Gasteiger partial charge is 0.481 e. The summed E-state index contributed by atoms with van der Waals surface area (Å²) in [4.78, 5) is 25.8. The summed E-state index contributed by atoms with van der Waals surface area (Å²) in [5.41, 5.74) is 0.212. The fourth-order valence-corrected chi connectivity index (χ4v) is 3.24. The third kappa shape index (κ3) is 4.36. The van der Waals surface area contributed by atoms with E-state index in [1.807, 2.05) is 24.3 Å². The number of amides is 1. The number of hydrogen-bond donors (Lipinski definition) is 1. The number of aliphatic carboxylic acids is 1. The first kappa shape index (κ1) is 20.2. The highest BCUT2D eigenvalue weighted by atomic mass is 16.5. The fraction of sp³-hybridized carbons (Fsp3) is 0.600. The molecule has 1 aromatic rings. The maximum Gasteiger partial charge on any atom is 0.313 e. The van der Waals surface area contributed by atoms with Crippen LogP contribution in [0.5, 0.6) is 5.75 Å². The van der Waals surface area contributed by atoms with Crippen molar-refractivity contribution in [3.05, 3.63) is 29.8 Å². The summed E-state index contributed by atoms with van der Waals surface area (Å²) in [6.07, 6.45) is -0.294. The van der Waals surface area contributed by atoms with Gasteiger partial charge in [-0.3, -0.25) is 9.59 Å². The van der Waals surface area contributed by atoms with E-state index in [1.165, 1.54) is 12.7 Å². The van der Waals surface area contributed by atoms with Gasteiger partial charge in [-0.25, -0.2) is 0 Å². The van der Waals surface area contributed by atoms with E-state index in [4.69, 9.17) is 9.47 Å². The standard InChI is InChI=1S/C20H29NO5/c1-14(26-16-8-6-15(7-9-16)19(2,3)4)17(22)21-11-10-20(12-21,13-25-5)18(23)24/h6-9,14H,10-13H2,1-5H3,(H,23,24). The Balaban J connectivity index is 2.01. The van der Waals surface area contributed by atoms with E-state index < -0.39 is 17.5 Å². The zero-order valence-electron chi connectivity index (χ0n) is 16.2. The Kier molecular flexibility index (Phi) is 5.96. The smallest absolute Gasteiger partial charge is 0.313 e. The maximum absolute atomic E-state index is 12.7. The third-order valence-electron chi connectivity index (χ3n) is 4.92. The molecule has 1 aromatic carbocycles. The molecule has 1 heterocycles. The number of rotatable bonds is 6. The monoisotopic (exact) mass is 363 g/mol. The second-order valence-electron chi connectivity index (χ2n) is 8.06. The second kappa shape index (κ2) is 7.66. The van der Waals surface area contributed by atoms with Crippen molar-refractivity contribution in [1.82, 2.24) is 4.90 Å². The molecule has 6 heteroatoms. The van der Waals surface area contributed by atoms with Crippen LogP contribution in [0.15, 0.2) is 24.3 Å². The van der Waals surface area contributed by atoms with Crippen molar-refractivity contribution in [2.75, 3.05) is 26.8 Å². The highest BCUT2D eigenvalue weighted by Gasteiger charge is 2.47.